The van der Waals surface area contributed by atoms with Crippen molar-refractivity contribution in [3.63, 3.8) is 0 Å². The summed E-state index contributed by atoms with van der Waals surface area (Å²) in [6.07, 6.45) is 1.77. The number of halogens is 1. The second kappa shape index (κ2) is 6.78. The van der Waals surface area contributed by atoms with E-state index in [0.717, 1.165) is 40.5 Å². The molecule has 106 valence electrons. The molecule has 20 heavy (non-hydrogen) atoms. The molecule has 1 atom stereocenters. The summed E-state index contributed by atoms with van der Waals surface area (Å²) in [5.74, 6) is 1.66. The normalized spacial score (nSPS) is 12.2. The topological polar surface area (TPSA) is 35.2 Å². The van der Waals surface area contributed by atoms with Gasteiger partial charge in [0.25, 0.3) is 0 Å². The molecule has 2 rings (SSSR count). The maximum Gasteiger partial charge on any atom is 0.130 e. The third-order valence-electron chi connectivity index (χ3n) is 3.34. The molecule has 0 aliphatic heterocycles. The molecule has 0 aliphatic carbocycles. The van der Waals surface area contributed by atoms with Crippen molar-refractivity contribution in [2.75, 3.05) is 0 Å². The highest BCUT2D eigenvalue weighted by molar-refractivity contribution is 6.31. The highest BCUT2D eigenvalue weighted by Crippen LogP contribution is 2.28. The van der Waals surface area contributed by atoms with Crippen molar-refractivity contribution < 1.29 is 4.74 Å². The minimum atomic E-state index is 0.159. The molecule has 2 aromatic rings. The summed E-state index contributed by atoms with van der Waals surface area (Å²) in [4.78, 5) is 0. The van der Waals surface area contributed by atoms with Crippen LogP contribution in [0.2, 0.25) is 5.02 Å². The molecule has 0 amide bonds. The first-order chi connectivity index (χ1) is 9.60. The van der Waals surface area contributed by atoms with Crippen LogP contribution in [-0.4, -0.2) is 6.04 Å². The lowest BCUT2D eigenvalue weighted by Crippen LogP contribution is -2.21. The Kier molecular flexibility index (Phi) is 5.05. The number of hydrogen-bond acceptors (Lipinski definition) is 2. The van der Waals surface area contributed by atoms with Gasteiger partial charge in [-0.15, -0.1) is 0 Å². The molecule has 0 aliphatic rings. The second-order valence-electron chi connectivity index (χ2n) is 4.99. The van der Waals surface area contributed by atoms with E-state index < -0.39 is 0 Å². The van der Waals surface area contributed by atoms with Crippen LogP contribution in [0.1, 0.15) is 24.5 Å². The lowest BCUT2D eigenvalue weighted by Gasteiger charge is -2.14. The van der Waals surface area contributed by atoms with Crippen LogP contribution in [0, 0.1) is 6.92 Å². The number of para-hydroxylation sites is 1. The van der Waals surface area contributed by atoms with Crippen LogP contribution < -0.4 is 10.5 Å². The largest absolute Gasteiger partial charge is 0.457 e. The monoisotopic (exact) mass is 289 g/mol. The maximum absolute atomic E-state index is 6.04. The Balaban J connectivity index is 2.22. The molecule has 0 radical (unpaired) electrons. The molecule has 0 heterocycles. The second-order valence-corrected chi connectivity index (χ2v) is 5.40. The fourth-order valence-electron chi connectivity index (χ4n) is 2.01. The van der Waals surface area contributed by atoms with Gasteiger partial charge in [0.2, 0.25) is 0 Å². The van der Waals surface area contributed by atoms with Crippen molar-refractivity contribution >= 4 is 11.6 Å². The van der Waals surface area contributed by atoms with Crippen molar-refractivity contribution in [3.8, 4) is 11.5 Å². The van der Waals surface area contributed by atoms with Crippen LogP contribution in [0.25, 0.3) is 0 Å². The van der Waals surface area contributed by atoms with Gasteiger partial charge in [-0.1, -0.05) is 36.7 Å². The Morgan fingerprint density at radius 1 is 1.20 bits per heavy atom. The highest BCUT2D eigenvalue weighted by atomic mass is 35.5. The first-order valence-corrected chi connectivity index (χ1v) is 7.25. The van der Waals surface area contributed by atoms with Gasteiger partial charge in [-0.05, 0) is 55.2 Å². The Morgan fingerprint density at radius 2 is 1.95 bits per heavy atom. The molecule has 1 unspecified atom stereocenters. The zero-order valence-corrected chi connectivity index (χ0v) is 12.7. The first-order valence-electron chi connectivity index (χ1n) is 6.87. The molecule has 2 nitrogen and oxygen atoms in total. The van der Waals surface area contributed by atoms with Crippen LogP contribution in [-0.2, 0) is 6.42 Å². The van der Waals surface area contributed by atoms with Crippen LogP contribution in [0.15, 0.2) is 42.5 Å². The summed E-state index contributed by atoms with van der Waals surface area (Å²) < 4.78 is 5.98. The molecule has 2 aromatic carbocycles. The van der Waals surface area contributed by atoms with E-state index >= 15 is 0 Å². The molecule has 0 saturated heterocycles. The predicted octanol–water partition coefficient (Wildman–Crippen LogP) is 4.72. The minimum Gasteiger partial charge on any atom is -0.457 e. The summed E-state index contributed by atoms with van der Waals surface area (Å²) in [6.45, 7) is 4.06. The summed E-state index contributed by atoms with van der Waals surface area (Å²) in [6, 6.07) is 13.9. The standard InChI is InChI=1S/C17H20ClNO/c1-3-14(19)11-13-6-4-5-7-17(13)20-15-8-9-16(18)12(2)10-15/h4-10,14H,3,11,19H2,1-2H3. The van der Waals surface area contributed by atoms with Gasteiger partial charge >= 0.3 is 0 Å². The fourth-order valence-corrected chi connectivity index (χ4v) is 2.12. The van der Waals surface area contributed by atoms with Gasteiger partial charge in [-0.3, -0.25) is 0 Å². The van der Waals surface area contributed by atoms with E-state index in [-0.39, 0.29) is 6.04 Å². The summed E-state index contributed by atoms with van der Waals surface area (Å²) >= 11 is 6.03. The number of nitrogens with two attached hydrogens (primary N) is 1. The SMILES string of the molecule is CCC(N)Cc1ccccc1Oc1ccc(Cl)c(C)c1. The molecule has 3 heteroatoms. The summed E-state index contributed by atoms with van der Waals surface area (Å²) in [5, 5.41) is 0.749. The average molecular weight is 290 g/mol. The lowest BCUT2D eigenvalue weighted by atomic mass is 10.0. The van der Waals surface area contributed by atoms with Gasteiger partial charge < -0.3 is 10.5 Å². The van der Waals surface area contributed by atoms with Crippen LogP contribution >= 0.6 is 11.6 Å². The smallest absolute Gasteiger partial charge is 0.130 e. The molecular weight excluding hydrogens is 270 g/mol. The minimum absolute atomic E-state index is 0.159. The van der Waals surface area contributed by atoms with Gasteiger partial charge in [0.1, 0.15) is 11.5 Å². The number of rotatable bonds is 5. The van der Waals surface area contributed by atoms with E-state index in [1.807, 2.05) is 43.3 Å². The van der Waals surface area contributed by atoms with Crippen molar-refractivity contribution in [2.45, 2.75) is 32.7 Å². The zero-order valence-electron chi connectivity index (χ0n) is 11.9. The Morgan fingerprint density at radius 3 is 2.65 bits per heavy atom. The van der Waals surface area contributed by atoms with E-state index in [1.54, 1.807) is 0 Å². The fraction of sp³-hybridized carbons (Fsp3) is 0.294. The van der Waals surface area contributed by atoms with Gasteiger partial charge in [0.15, 0.2) is 0 Å². The Labute approximate surface area is 125 Å². The van der Waals surface area contributed by atoms with Gasteiger partial charge in [-0.25, -0.2) is 0 Å². The van der Waals surface area contributed by atoms with Crippen molar-refractivity contribution in [1.29, 1.82) is 0 Å². The van der Waals surface area contributed by atoms with Gasteiger partial charge in [-0.2, -0.15) is 0 Å². The molecule has 0 bridgehead atoms. The molecule has 2 N–H and O–H groups in total. The van der Waals surface area contributed by atoms with Crippen molar-refractivity contribution in [3.05, 3.63) is 58.6 Å². The van der Waals surface area contributed by atoms with E-state index in [0.29, 0.717) is 0 Å². The average Bonchev–Trinajstić information content (AvgIpc) is 2.45. The third kappa shape index (κ3) is 3.75. The van der Waals surface area contributed by atoms with Crippen molar-refractivity contribution in [2.24, 2.45) is 5.73 Å². The number of hydrogen-bond donors (Lipinski definition) is 1. The van der Waals surface area contributed by atoms with Crippen molar-refractivity contribution in [1.82, 2.24) is 0 Å². The molecular formula is C17H20ClNO. The van der Waals surface area contributed by atoms with Gasteiger partial charge in [0.05, 0.1) is 0 Å². The van der Waals surface area contributed by atoms with Crippen LogP contribution in [0.4, 0.5) is 0 Å². The number of benzene rings is 2. The first kappa shape index (κ1) is 14.9. The predicted molar refractivity (Wildman–Crippen MR) is 84.7 cm³/mol. The van der Waals surface area contributed by atoms with E-state index in [2.05, 4.69) is 13.0 Å². The Bertz CT molecular complexity index is 583. The highest BCUT2D eigenvalue weighted by Gasteiger charge is 2.08. The lowest BCUT2D eigenvalue weighted by molar-refractivity contribution is 0.472. The molecule has 0 aromatic heterocycles. The molecule has 0 spiro atoms. The van der Waals surface area contributed by atoms with E-state index in [1.165, 1.54) is 0 Å². The van der Waals surface area contributed by atoms with Gasteiger partial charge in [0, 0.05) is 11.1 Å². The van der Waals surface area contributed by atoms with E-state index in [4.69, 9.17) is 22.1 Å². The van der Waals surface area contributed by atoms with Crippen LogP contribution in [0.3, 0.4) is 0 Å². The zero-order chi connectivity index (χ0) is 14.5. The van der Waals surface area contributed by atoms with Crippen LogP contribution in [0.5, 0.6) is 11.5 Å². The molecule has 0 saturated carbocycles. The summed E-state index contributed by atoms with van der Waals surface area (Å²) in [7, 11) is 0. The Hall–Kier alpha value is -1.51. The maximum atomic E-state index is 6.04. The number of aryl methyl sites for hydroxylation is 1. The third-order valence-corrected chi connectivity index (χ3v) is 3.76. The molecule has 0 fully saturated rings. The number of ether oxygens (including phenoxy) is 1. The summed E-state index contributed by atoms with van der Waals surface area (Å²) in [5.41, 5.74) is 8.18. The van der Waals surface area contributed by atoms with E-state index in [9.17, 15) is 0 Å². The quantitative estimate of drug-likeness (QED) is 0.864.